The number of aliphatic hydroxyl groups excluding tert-OH is 1. The van der Waals surface area contributed by atoms with Crippen LogP contribution in [0.2, 0.25) is 5.02 Å². The van der Waals surface area contributed by atoms with Gasteiger partial charge < -0.3 is 15.7 Å². The lowest BCUT2D eigenvalue weighted by Crippen LogP contribution is -2.37. The monoisotopic (exact) mass is 318 g/mol. The van der Waals surface area contributed by atoms with E-state index < -0.39 is 17.9 Å². The Hall–Kier alpha value is -2.37. The standard InChI is InChI=1S/C16H15ClN2O3/c17-13-9-5-4-8-12(13)14(20)10-18-15(21)16(22)19-11-6-2-1-3-7-11/h1-9,14,20H,10H2,(H,18,21)(H,19,22). The maximum Gasteiger partial charge on any atom is 0.313 e. The summed E-state index contributed by atoms with van der Waals surface area (Å²) in [5.41, 5.74) is 1.02. The number of aliphatic hydroxyl groups is 1. The highest BCUT2D eigenvalue weighted by atomic mass is 35.5. The highest BCUT2D eigenvalue weighted by molar-refractivity contribution is 6.39. The van der Waals surface area contributed by atoms with Gasteiger partial charge in [0.1, 0.15) is 0 Å². The van der Waals surface area contributed by atoms with Crippen molar-refractivity contribution in [1.82, 2.24) is 5.32 Å². The van der Waals surface area contributed by atoms with Crippen LogP contribution in [0.25, 0.3) is 0 Å². The zero-order chi connectivity index (χ0) is 15.9. The number of rotatable bonds is 4. The van der Waals surface area contributed by atoms with E-state index in [0.717, 1.165) is 0 Å². The molecule has 5 nitrogen and oxygen atoms in total. The molecule has 0 aliphatic carbocycles. The van der Waals surface area contributed by atoms with Crippen LogP contribution >= 0.6 is 11.6 Å². The zero-order valence-electron chi connectivity index (χ0n) is 11.6. The summed E-state index contributed by atoms with van der Waals surface area (Å²) in [6, 6.07) is 15.4. The average Bonchev–Trinajstić information content (AvgIpc) is 2.53. The van der Waals surface area contributed by atoms with Gasteiger partial charge in [0.15, 0.2) is 0 Å². The third-order valence-corrected chi connectivity index (χ3v) is 3.30. The molecule has 0 saturated heterocycles. The molecule has 2 rings (SSSR count). The van der Waals surface area contributed by atoms with E-state index >= 15 is 0 Å². The summed E-state index contributed by atoms with van der Waals surface area (Å²) < 4.78 is 0. The Morgan fingerprint density at radius 2 is 1.64 bits per heavy atom. The molecule has 0 heterocycles. The van der Waals surface area contributed by atoms with Crippen molar-refractivity contribution < 1.29 is 14.7 Å². The van der Waals surface area contributed by atoms with Crippen molar-refractivity contribution in [2.75, 3.05) is 11.9 Å². The van der Waals surface area contributed by atoms with E-state index in [1.807, 2.05) is 0 Å². The molecule has 1 unspecified atom stereocenters. The van der Waals surface area contributed by atoms with E-state index in [2.05, 4.69) is 10.6 Å². The van der Waals surface area contributed by atoms with Gasteiger partial charge >= 0.3 is 11.8 Å². The second kappa shape index (κ2) is 7.59. The number of nitrogens with one attached hydrogen (secondary N) is 2. The van der Waals surface area contributed by atoms with Crippen molar-refractivity contribution in [3.05, 3.63) is 65.2 Å². The first-order chi connectivity index (χ1) is 10.6. The van der Waals surface area contributed by atoms with Gasteiger partial charge in [0.05, 0.1) is 6.10 Å². The van der Waals surface area contributed by atoms with Crippen LogP contribution in [0, 0.1) is 0 Å². The minimum atomic E-state index is -0.984. The van der Waals surface area contributed by atoms with Gasteiger partial charge in [0.25, 0.3) is 0 Å². The lowest BCUT2D eigenvalue weighted by atomic mass is 10.1. The molecular weight excluding hydrogens is 304 g/mol. The molecule has 22 heavy (non-hydrogen) atoms. The van der Waals surface area contributed by atoms with Crippen molar-refractivity contribution in [2.24, 2.45) is 0 Å². The predicted molar refractivity (Wildman–Crippen MR) is 84.5 cm³/mol. The fourth-order valence-corrected chi connectivity index (χ4v) is 2.10. The molecule has 0 radical (unpaired) electrons. The number of hydrogen-bond donors (Lipinski definition) is 3. The average molecular weight is 319 g/mol. The molecule has 2 aromatic rings. The second-order valence-electron chi connectivity index (χ2n) is 4.57. The molecule has 0 saturated carbocycles. The fourth-order valence-electron chi connectivity index (χ4n) is 1.83. The molecule has 2 amide bonds. The van der Waals surface area contributed by atoms with Crippen LogP contribution in [0.15, 0.2) is 54.6 Å². The first-order valence-electron chi connectivity index (χ1n) is 6.64. The Morgan fingerprint density at radius 1 is 1.00 bits per heavy atom. The van der Waals surface area contributed by atoms with E-state index in [9.17, 15) is 14.7 Å². The predicted octanol–water partition coefficient (Wildman–Crippen LogP) is 2.13. The summed E-state index contributed by atoms with van der Waals surface area (Å²) in [7, 11) is 0. The molecule has 0 aliphatic heterocycles. The van der Waals surface area contributed by atoms with Crippen LogP contribution in [0.3, 0.4) is 0 Å². The maximum absolute atomic E-state index is 11.7. The first-order valence-corrected chi connectivity index (χ1v) is 7.02. The molecule has 3 N–H and O–H groups in total. The van der Waals surface area contributed by atoms with Gasteiger partial charge in [0, 0.05) is 22.8 Å². The van der Waals surface area contributed by atoms with Crippen molar-refractivity contribution in [3.8, 4) is 0 Å². The van der Waals surface area contributed by atoms with Crippen LogP contribution in [0.1, 0.15) is 11.7 Å². The summed E-state index contributed by atoms with van der Waals surface area (Å²) in [6.45, 7) is -0.106. The van der Waals surface area contributed by atoms with Crippen LogP contribution < -0.4 is 10.6 Å². The first kappa shape index (κ1) is 16.0. The third-order valence-electron chi connectivity index (χ3n) is 2.96. The van der Waals surface area contributed by atoms with Crippen LogP contribution in [-0.2, 0) is 9.59 Å². The summed E-state index contributed by atoms with van der Waals surface area (Å²) in [5.74, 6) is -1.62. The van der Waals surface area contributed by atoms with Crippen molar-refractivity contribution in [1.29, 1.82) is 0 Å². The van der Waals surface area contributed by atoms with Crippen LogP contribution in [0.4, 0.5) is 5.69 Å². The molecule has 1 atom stereocenters. The summed E-state index contributed by atoms with van der Waals surface area (Å²) in [5, 5.41) is 15.2. The SMILES string of the molecule is O=C(NCC(O)c1ccccc1Cl)C(=O)Nc1ccccc1. The topological polar surface area (TPSA) is 78.4 Å². The van der Waals surface area contributed by atoms with E-state index in [0.29, 0.717) is 16.3 Å². The minimum absolute atomic E-state index is 0.106. The normalized spacial score (nSPS) is 11.5. The number of halogens is 1. The van der Waals surface area contributed by atoms with Gasteiger partial charge in [-0.15, -0.1) is 0 Å². The highest BCUT2D eigenvalue weighted by Gasteiger charge is 2.17. The Bertz CT molecular complexity index is 661. The molecule has 114 valence electrons. The summed E-state index contributed by atoms with van der Waals surface area (Å²) in [6.07, 6.45) is -0.984. The molecule has 2 aromatic carbocycles. The minimum Gasteiger partial charge on any atom is -0.387 e. The lowest BCUT2D eigenvalue weighted by Gasteiger charge is -2.13. The Kier molecular flexibility index (Phi) is 5.52. The number of carbonyl (C=O) groups excluding carboxylic acids is 2. The summed E-state index contributed by atoms with van der Waals surface area (Å²) in [4.78, 5) is 23.4. The van der Waals surface area contributed by atoms with Gasteiger partial charge in [0.2, 0.25) is 0 Å². The fraction of sp³-hybridized carbons (Fsp3) is 0.125. The number of anilines is 1. The van der Waals surface area contributed by atoms with Gasteiger partial charge in [-0.05, 0) is 18.2 Å². The summed E-state index contributed by atoms with van der Waals surface area (Å²) >= 11 is 5.95. The Labute approximate surface area is 132 Å². The van der Waals surface area contributed by atoms with Crippen LogP contribution in [0.5, 0.6) is 0 Å². The number of hydrogen-bond acceptors (Lipinski definition) is 3. The van der Waals surface area contributed by atoms with Gasteiger partial charge in [-0.25, -0.2) is 0 Å². The van der Waals surface area contributed by atoms with E-state index in [4.69, 9.17) is 11.6 Å². The van der Waals surface area contributed by atoms with Gasteiger partial charge in [-0.1, -0.05) is 48.0 Å². The number of benzene rings is 2. The molecule has 6 heteroatoms. The zero-order valence-corrected chi connectivity index (χ0v) is 12.4. The Morgan fingerprint density at radius 3 is 2.32 bits per heavy atom. The number of carbonyl (C=O) groups is 2. The van der Waals surface area contributed by atoms with Crippen molar-refractivity contribution in [2.45, 2.75) is 6.10 Å². The lowest BCUT2D eigenvalue weighted by molar-refractivity contribution is -0.136. The molecule has 0 bridgehead atoms. The molecule has 0 spiro atoms. The van der Waals surface area contributed by atoms with Gasteiger partial charge in [-0.3, -0.25) is 9.59 Å². The molecule has 0 aromatic heterocycles. The second-order valence-corrected chi connectivity index (χ2v) is 4.97. The van der Waals surface area contributed by atoms with Crippen molar-refractivity contribution in [3.63, 3.8) is 0 Å². The number of para-hydroxylation sites is 1. The highest BCUT2D eigenvalue weighted by Crippen LogP contribution is 2.21. The van der Waals surface area contributed by atoms with E-state index in [-0.39, 0.29) is 6.54 Å². The number of amides is 2. The quantitative estimate of drug-likeness (QED) is 0.756. The maximum atomic E-state index is 11.7. The van der Waals surface area contributed by atoms with E-state index in [1.165, 1.54) is 0 Å². The van der Waals surface area contributed by atoms with E-state index in [1.54, 1.807) is 54.6 Å². The van der Waals surface area contributed by atoms with Crippen molar-refractivity contribution >= 4 is 29.1 Å². The molecule has 0 fully saturated rings. The van der Waals surface area contributed by atoms with Crippen LogP contribution in [-0.4, -0.2) is 23.5 Å². The Balaban J connectivity index is 1.87. The molecule has 0 aliphatic rings. The third kappa shape index (κ3) is 4.31. The molecular formula is C16H15ClN2O3. The largest absolute Gasteiger partial charge is 0.387 e. The van der Waals surface area contributed by atoms with Gasteiger partial charge in [-0.2, -0.15) is 0 Å². The smallest absolute Gasteiger partial charge is 0.313 e.